The maximum Gasteiger partial charge on any atom is 0.262 e. The van der Waals surface area contributed by atoms with Crippen molar-refractivity contribution in [1.82, 2.24) is 0 Å². The number of fused-ring (bicyclic) bond motifs is 3. The van der Waals surface area contributed by atoms with Crippen molar-refractivity contribution in [3.8, 4) is 5.75 Å². The summed E-state index contributed by atoms with van der Waals surface area (Å²) in [5.41, 5.74) is 2.79. The van der Waals surface area contributed by atoms with Crippen LogP contribution in [-0.2, 0) is 4.79 Å². The van der Waals surface area contributed by atoms with Crippen LogP contribution in [0.5, 0.6) is 5.75 Å². The van der Waals surface area contributed by atoms with Gasteiger partial charge in [-0.15, -0.1) is 0 Å². The molecule has 0 unspecified atom stereocenters. The zero-order valence-corrected chi connectivity index (χ0v) is 14.7. The van der Waals surface area contributed by atoms with Gasteiger partial charge in [0.15, 0.2) is 12.4 Å². The maximum absolute atomic E-state index is 12.2. The number of amides is 1. The van der Waals surface area contributed by atoms with E-state index in [0.29, 0.717) is 17.0 Å². The zero-order chi connectivity index (χ0) is 18.8. The molecule has 27 heavy (non-hydrogen) atoms. The molecule has 0 aliphatic heterocycles. The summed E-state index contributed by atoms with van der Waals surface area (Å²) < 4.78 is 11.3. The number of Topliss-reactive ketones (excluding diaryl/α,β-unsaturated/α-hetero) is 1. The summed E-state index contributed by atoms with van der Waals surface area (Å²) in [7, 11) is 0. The second-order valence-electron chi connectivity index (χ2n) is 6.23. The van der Waals surface area contributed by atoms with E-state index in [4.69, 9.17) is 9.15 Å². The lowest BCUT2D eigenvalue weighted by Crippen LogP contribution is -2.20. The minimum atomic E-state index is -0.282. The van der Waals surface area contributed by atoms with Crippen LogP contribution in [0.2, 0.25) is 0 Å². The Balaban J connectivity index is 1.47. The molecule has 1 aromatic heterocycles. The fourth-order valence-electron chi connectivity index (χ4n) is 2.95. The van der Waals surface area contributed by atoms with Gasteiger partial charge in [-0.2, -0.15) is 0 Å². The van der Waals surface area contributed by atoms with E-state index in [0.717, 1.165) is 21.9 Å². The standard InChI is InChI=1S/C22H17NO4/c1-14(24)15-5-4-6-17(11-15)26-13-22(25)23-16-9-10-21-19(12-16)18-7-2-3-8-20(18)27-21/h2-12H,13H2,1H3,(H,23,25). The Morgan fingerprint density at radius 2 is 1.74 bits per heavy atom. The van der Waals surface area contributed by atoms with Crippen LogP contribution >= 0.6 is 0 Å². The quantitative estimate of drug-likeness (QED) is 0.519. The van der Waals surface area contributed by atoms with Crippen LogP contribution in [0.25, 0.3) is 21.9 Å². The predicted octanol–water partition coefficient (Wildman–Crippen LogP) is 4.81. The molecule has 0 saturated carbocycles. The minimum Gasteiger partial charge on any atom is -0.484 e. The number of ether oxygens (including phenoxy) is 1. The van der Waals surface area contributed by atoms with Crippen LogP contribution in [-0.4, -0.2) is 18.3 Å². The normalized spacial score (nSPS) is 10.9. The van der Waals surface area contributed by atoms with Gasteiger partial charge in [-0.25, -0.2) is 0 Å². The van der Waals surface area contributed by atoms with Gasteiger partial charge in [0.2, 0.25) is 0 Å². The summed E-state index contributed by atoms with van der Waals surface area (Å²) in [6.07, 6.45) is 0. The van der Waals surface area contributed by atoms with Crippen LogP contribution in [0, 0.1) is 0 Å². The average molecular weight is 359 g/mol. The Morgan fingerprint density at radius 1 is 0.926 bits per heavy atom. The molecule has 0 atom stereocenters. The second kappa shape index (κ2) is 6.96. The molecule has 0 saturated heterocycles. The monoisotopic (exact) mass is 359 g/mol. The smallest absolute Gasteiger partial charge is 0.262 e. The number of anilines is 1. The van der Waals surface area contributed by atoms with Crippen molar-refractivity contribution in [3.63, 3.8) is 0 Å². The molecule has 0 radical (unpaired) electrons. The molecule has 0 bridgehead atoms. The first-order valence-electron chi connectivity index (χ1n) is 8.55. The third-order valence-electron chi connectivity index (χ3n) is 4.27. The van der Waals surface area contributed by atoms with Gasteiger partial charge < -0.3 is 14.5 Å². The van der Waals surface area contributed by atoms with Gasteiger partial charge in [-0.1, -0.05) is 30.3 Å². The van der Waals surface area contributed by atoms with Crippen molar-refractivity contribution >= 4 is 39.3 Å². The number of hydrogen-bond donors (Lipinski definition) is 1. The van der Waals surface area contributed by atoms with Crippen molar-refractivity contribution in [2.24, 2.45) is 0 Å². The highest BCUT2D eigenvalue weighted by molar-refractivity contribution is 6.07. The molecule has 1 amide bonds. The van der Waals surface area contributed by atoms with Crippen molar-refractivity contribution in [2.75, 3.05) is 11.9 Å². The first kappa shape index (κ1) is 16.8. The highest BCUT2D eigenvalue weighted by Crippen LogP contribution is 2.30. The van der Waals surface area contributed by atoms with Crippen molar-refractivity contribution in [3.05, 3.63) is 72.3 Å². The molecular weight excluding hydrogens is 342 g/mol. The van der Waals surface area contributed by atoms with Gasteiger partial charge in [-0.05, 0) is 43.3 Å². The summed E-state index contributed by atoms with van der Waals surface area (Å²) >= 11 is 0. The highest BCUT2D eigenvalue weighted by atomic mass is 16.5. The van der Waals surface area contributed by atoms with E-state index in [1.807, 2.05) is 36.4 Å². The molecular formula is C22H17NO4. The summed E-state index contributed by atoms with van der Waals surface area (Å²) in [5.74, 6) is 0.148. The number of furan rings is 1. The Labute approximate surface area is 155 Å². The van der Waals surface area contributed by atoms with E-state index in [1.165, 1.54) is 6.92 Å². The van der Waals surface area contributed by atoms with Gasteiger partial charge in [0, 0.05) is 22.0 Å². The third kappa shape index (κ3) is 3.53. The van der Waals surface area contributed by atoms with Crippen LogP contribution in [0.4, 0.5) is 5.69 Å². The lowest BCUT2D eigenvalue weighted by molar-refractivity contribution is -0.118. The van der Waals surface area contributed by atoms with Crippen LogP contribution in [0.1, 0.15) is 17.3 Å². The molecule has 0 aliphatic carbocycles. The van der Waals surface area contributed by atoms with E-state index < -0.39 is 0 Å². The number of nitrogens with one attached hydrogen (secondary N) is 1. The van der Waals surface area contributed by atoms with E-state index >= 15 is 0 Å². The summed E-state index contributed by atoms with van der Waals surface area (Å²) in [6, 6.07) is 20.0. The number of carbonyl (C=O) groups excluding carboxylic acids is 2. The summed E-state index contributed by atoms with van der Waals surface area (Å²) in [4.78, 5) is 23.6. The molecule has 0 aliphatic rings. The number of rotatable bonds is 5. The molecule has 0 fully saturated rings. The maximum atomic E-state index is 12.2. The molecule has 1 heterocycles. The molecule has 5 nitrogen and oxygen atoms in total. The highest BCUT2D eigenvalue weighted by Gasteiger charge is 2.09. The first-order valence-corrected chi connectivity index (χ1v) is 8.55. The van der Waals surface area contributed by atoms with Crippen LogP contribution in [0.15, 0.2) is 71.1 Å². The third-order valence-corrected chi connectivity index (χ3v) is 4.27. The Kier molecular flexibility index (Phi) is 4.34. The van der Waals surface area contributed by atoms with E-state index in [-0.39, 0.29) is 18.3 Å². The SMILES string of the molecule is CC(=O)c1cccc(OCC(=O)Nc2ccc3oc4ccccc4c3c2)c1. The number of carbonyl (C=O) groups is 2. The average Bonchev–Trinajstić information content (AvgIpc) is 3.05. The van der Waals surface area contributed by atoms with Gasteiger partial charge in [0.1, 0.15) is 16.9 Å². The van der Waals surface area contributed by atoms with E-state index in [2.05, 4.69) is 5.32 Å². The minimum absolute atomic E-state index is 0.0504. The number of ketones is 1. The largest absolute Gasteiger partial charge is 0.484 e. The lowest BCUT2D eigenvalue weighted by Gasteiger charge is -2.08. The molecule has 3 aromatic carbocycles. The molecule has 4 aromatic rings. The Morgan fingerprint density at radius 3 is 2.59 bits per heavy atom. The van der Waals surface area contributed by atoms with Gasteiger partial charge in [0.05, 0.1) is 0 Å². The Hall–Kier alpha value is -3.60. The topological polar surface area (TPSA) is 68.5 Å². The van der Waals surface area contributed by atoms with Crippen LogP contribution in [0.3, 0.4) is 0 Å². The van der Waals surface area contributed by atoms with Gasteiger partial charge in [0.25, 0.3) is 5.91 Å². The molecule has 1 N–H and O–H groups in total. The van der Waals surface area contributed by atoms with Gasteiger partial charge >= 0.3 is 0 Å². The van der Waals surface area contributed by atoms with E-state index in [1.54, 1.807) is 30.3 Å². The molecule has 0 spiro atoms. The fourth-order valence-corrected chi connectivity index (χ4v) is 2.95. The Bertz CT molecular complexity index is 1160. The summed E-state index contributed by atoms with van der Waals surface area (Å²) in [5, 5.41) is 4.77. The molecule has 134 valence electrons. The zero-order valence-electron chi connectivity index (χ0n) is 14.7. The van der Waals surface area contributed by atoms with Crippen LogP contribution < -0.4 is 10.1 Å². The number of para-hydroxylation sites is 1. The van der Waals surface area contributed by atoms with Crippen molar-refractivity contribution in [1.29, 1.82) is 0 Å². The second-order valence-corrected chi connectivity index (χ2v) is 6.23. The predicted molar refractivity (Wildman–Crippen MR) is 104 cm³/mol. The van der Waals surface area contributed by atoms with Crippen molar-refractivity contribution in [2.45, 2.75) is 6.92 Å². The number of benzene rings is 3. The fraction of sp³-hybridized carbons (Fsp3) is 0.0909. The first-order chi connectivity index (χ1) is 13.1. The summed E-state index contributed by atoms with van der Waals surface area (Å²) in [6.45, 7) is 1.34. The molecule has 5 heteroatoms. The molecule has 4 rings (SSSR count). The number of hydrogen-bond acceptors (Lipinski definition) is 4. The lowest BCUT2D eigenvalue weighted by atomic mass is 10.1. The van der Waals surface area contributed by atoms with Gasteiger partial charge in [-0.3, -0.25) is 9.59 Å². The van der Waals surface area contributed by atoms with Crippen molar-refractivity contribution < 1.29 is 18.7 Å². The van der Waals surface area contributed by atoms with E-state index in [9.17, 15) is 9.59 Å².